The minimum Gasteiger partial charge on any atom is -0.381 e. The van der Waals surface area contributed by atoms with Gasteiger partial charge in [0.1, 0.15) is 5.69 Å². The van der Waals surface area contributed by atoms with E-state index in [0.717, 1.165) is 46.7 Å². The molecule has 0 aliphatic carbocycles. The molecule has 0 fully saturated rings. The van der Waals surface area contributed by atoms with Crippen LogP contribution in [0.1, 0.15) is 42.3 Å². The number of pyridine rings is 1. The lowest BCUT2D eigenvalue weighted by Gasteiger charge is -2.17. The van der Waals surface area contributed by atoms with Crippen molar-refractivity contribution in [2.75, 3.05) is 5.32 Å². The molecule has 176 valence electrons. The molecule has 4 aromatic rings. The Morgan fingerprint density at radius 1 is 1.00 bits per heavy atom. The lowest BCUT2D eigenvalue weighted by Crippen LogP contribution is -2.13. The SMILES string of the molecule is CCCCc1c(NCc2ccc(-c3ccccc3-c3nn[nH]n3)cc2)cc(C(F)(F)F)nc1C. The van der Waals surface area contributed by atoms with Gasteiger partial charge in [0, 0.05) is 23.5 Å². The summed E-state index contributed by atoms with van der Waals surface area (Å²) in [6.07, 6.45) is -1.97. The number of benzene rings is 2. The quantitative estimate of drug-likeness (QED) is 0.323. The van der Waals surface area contributed by atoms with E-state index in [1.165, 1.54) is 0 Å². The van der Waals surface area contributed by atoms with E-state index < -0.39 is 11.9 Å². The first-order valence-corrected chi connectivity index (χ1v) is 11.1. The smallest absolute Gasteiger partial charge is 0.381 e. The Hall–Kier alpha value is -3.75. The maximum absolute atomic E-state index is 13.3. The van der Waals surface area contributed by atoms with E-state index in [1.807, 2.05) is 48.5 Å². The summed E-state index contributed by atoms with van der Waals surface area (Å²) in [4.78, 5) is 3.81. The zero-order chi connectivity index (χ0) is 24.1. The van der Waals surface area contributed by atoms with Crippen LogP contribution in [-0.2, 0) is 19.1 Å². The second-order valence-corrected chi connectivity index (χ2v) is 8.05. The lowest BCUT2D eigenvalue weighted by atomic mass is 9.98. The van der Waals surface area contributed by atoms with Crippen molar-refractivity contribution in [2.24, 2.45) is 0 Å². The molecule has 34 heavy (non-hydrogen) atoms. The lowest BCUT2D eigenvalue weighted by molar-refractivity contribution is -0.141. The molecule has 0 aliphatic heterocycles. The van der Waals surface area contributed by atoms with Gasteiger partial charge in [-0.15, -0.1) is 10.2 Å². The van der Waals surface area contributed by atoms with E-state index >= 15 is 0 Å². The maximum Gasteiger partial charge on any atom is 0.433 e. The third-order valence-corrected chi connectivity index (χ3v) is 5.66. The second-order valence-electron chi connectivity index (χ2n) is 8.05. The number of rotatable bonds is 8. The monoisotopic (exact) mass is 466 g/mol. The van der Waals surface area contributed by atoms with Gasteiger partial charge < -0.3 is 5.32 Å². The number of halogens is 3. The van der Waals surface area contributed by atoms with Gasteiger partial charge >= 0.3 is 6.18 Å². The van der Waals surface area contributed by atoms with Crippen molar-refractivity contribution in [1.29, 1.82) is 0 Å². The van der Waals surface area contributed by atoms with E-state index in [0.29, 0.717) is 30.2 Å². The maximum atomic E-state index is 13.3. The summed E-state index contributed by atoms with van der Waals surface area (Å²) in [5, 5.41) is 17.5. The molecule has 0 unspecified atom stereocenters. The standard InChI is InChI=1S/C25H25F3N6/c1-3-4-7-19-16(2)30-23(25(26,27)28)14-22(19)29-15-17-10-12-18(13-11-17)20-8-5-6-9-21(20)24-31-33-34-32-24/h5-6,8-14H,3-4,7,15H2,1-2H3,(H,29,30)(H,31,32,33,34). The summed E-state index contributed by atoms with van der Waals surface area (Å²) in [6, 6.07) is 16.8. The van der Waals surface area contributed by atoms with Gasteiger partial charge in [-0.3, -0.25) is 0 Å². The van der Waals surface area contributed by atoms with E-state index in [-0.39, 0.29) is 0 Å². The zero-order valence-electron chi connectivity index (χ0n) is 18.9. The highest BCUT2D eigenvalue weighted by atomic mass is 19.4. The van der Waals surface area contributed by atoms with Gasteiger partial charge in [0.25, 0.3) is 0 Å². The Morgan fingerprint density at radius 2 is 1.74 bits per heavy atom. The van der Waals surface area contributed by atoms with Crippen molar-refractivity contribution in [2.45, 2.75) is 45.8 Å². The second kappa shape index (κ2) is 10.0. The van der Waals surface area contributed by atoms with Crippen LogP contribution in [0.5, 0.6) is 0 Å². The third kappa shape index (κ3) is 5.24. The topological polar surface area (TPSA) is 79.4 Å². The zero-order valence-corrected chi connectivity index (χ0v) is 18.9. The molecule has 0 atom stereocenters. The molecule has 0 bridgehead atoms. The van der Waals surface area contributed by atoms with Crippen LogP contribution in [0.15, 0.2) is 54.6 Å². The minimum absolute atomic E-state index is 0.395. The fourth-order valence-electron chi connectivity index (χ4n) is 3.88. The van der Waals surface area contributed by atoms with E-state index in [4.69, 9.17) is 0 Å². The van der Waals surface area contributed by atoms with Gasteiger partial charge in [-0.25, -0.2) is 4.98 Å². The van der Waals surface area contributed by atoms with Crippen molar-refractivity contribution in [3.63, 3.8) is 0 Å². The van der Waals surface area contributed by atoms with E-state index in [2.05, 4.69) is 37.8 Å². The minimum atomic E-state index is -4.49. The van der Waals surface area contributed by atoms with Crippen molar-refractivity contribution >= 4 is 5.69 Å². The Morgan fingerprint density at radius 3 is 2.38 bits per heavy atom. The van der Waals surface area contributed by atoms with Crippen LogP contribution in [-0.4, -0.2) is 25.6 Å². The molecule has 2 N–H and O–H groups in total. The van der Waals surface area contributed by atoms with Crippen LogP contribution in [0.3, 0.4) is 0 Å². The van der Waals surface area contributed by atoms with Gasteiger partial charge in [0.15, 0.2) is 0 Å². The molecular formula is C25H25F3N6. The molecule has 2 heterocycles. The van der Waals surface area contributed by atoms with Crippen LogP contribution in [0, 0.1) is 6.92 Å². The van der Waals surface area contributed by atoms with Crippen LogP contribution in [0.4, 0.5) is 18.9 Å². The summed E-state index contributed by atoms with van der Waals surface area (Å²) in [7, 11) is 0. The number of nitrogens with one attached hydrogen (secondary N) is 2. The molecule has 0 saturated heterocycles. The van der Waals surface area contributed by atoms with Gasteiger partial charge in [-0.1, -0.05) is 61.9 Å². The first kappa shape index (κ1) is 23.4. The molecule has 6 nitrogen and oxygen atoms in total. The van der Waals surface area contributed by atoms with Crippen LogP contribution < -0.4 is 5.32 Å². The number of aromatic nitrogens is 5. The summed E-state index contributed by atoms with van der Waals surface area (Å²) in [5.41, 5.74) is 4.61. The molecular weight excluding hydrogens is 441 g/mol. The fourth-order valence-corrected chi connectivity index (χ4v) is 3.88. The molecule has 0 saturated carbocycles. The average Bonchev–Trinajstić information content (AvgIpc) is 3.36. The molecule has 0 spiro atoms. The predicted molar refractivity (Wildman–Crippen MR) is 125 cm³/mol. The van der Waals surface area contributed by atoms with E-state index in [1.54, 1.807) is 6.92 Å². The van der Waals surface area contributed by atoms with Crippen molar-refractivity contribution in [3.05, 3.63) is 77.1 Å². The van der Waals surface area contributed by atoms with Gasteiger partial charge in [-0.2, -0.15) is 18.4 Å². The number of hydrogen-bond donors (Lipinski definition) is 2. The van der Waals surface area contributed by atoms with Crippen LogP contribution in [0.2, 0.25) is 0 Å². The number of hydrogen-bond acceptors (Lipinski definition) is 5. The van der Waals surface area contributed by atoms with Gasteiger partial charge in [-0.05, 0) is 53.3 Å². The highest BCUT2D eigenvalue weighted by molar-refractivity contribution is 5.80. The Bertz CT molecular complexity index is 1230. The van der Waals surface area contributed by atoms with E-state index in [9.17, 15) is 13.2 Å². The summed E-state index contributed by atoms with van der Waals surface area (Å²) < 4.78 is 40.0. The summed E-state index contributed by atoms with van der Waals surface area (Å²) >= 11 is 0. The number of H-pyrrole nitrogens is 1. The molecule has 0 amide bonds. The molecule has 0 radical (unpaired) electrons. The van der Waals surface area contributed by atoms with Gasteiger partial charge in [0.2, 0.25) is 5.82 Å². The normalized spacial score (nSPS) is 11.6. The molecule has 9 heteroatoms. The number of anilines is 1. The molecule has 4 rings (SSSR count). The van der Waals surface area contributed by atoms with Crippen LogP contribution in [0.25, 0.3) is 22.5 Å². The van der Waals surface area contributed by atoms with Crippen molar-refractivity contribution < 1.29 is 13.2 Å². The predicted octanol–water partition coefficient (Wildman–Crippen LogP) is 6.21. The number of unbranched alkanes of at least 4 members (excludes halogenated alkanes) is 1. The molecule has 2 aromatic heterocycles. The number of alkyl halides is 3. The third-order valence-electron chi connectivity index (χ3n) is 5.66. The number of tetrazole rings is 1. The highest BCUT2D eigenvalue weighted by Gasteiger charge is 2.33. The first-order chi connectivity index (χ1) is 16.4. The number of nitrogens with zero attached hydrogens (tertiary/aromatic N) is 4. The Labute approximate surface area is 195 Å². The largest absolute Gasteiger partial charge is 0.433 e. The van der Waals surface area contributed by atoms with Crippen LogP contribution >= 0.6 is 0 Å². The number of aryl methyl sites for hydroxylation is 1. The van der Waals surface area contributed by atoms with Crippen molar-refractivity contribution in [1.82, 2.24) is 25.6 Å². The Kier molecular flexibility index (Phi) is 6.90. The van der Waals surface area contributed by atoms with Gasteiger partial charge in [0.05, 0.1) is 0 Å². The number of aromatic amines is 1. The van der Waals surface area contributed by atoms with Crippen molar-refractivity contribution in [3.8, 4) is 22.5 Å². The molecule has 0 aliphatic rings. The summed E-state index contributed by atoms with van der Waals surface area (Å²) in [6.45, 7) is 4.09. The Balaban J connectivity index is 1.56. The average molecular weight is 467 g/mol. The fraction of sp³-hybridized carbons (Fsp3) is 0.280. The highest BCUT2D eigenvalue weighted by Crippen LogP contribution is 2.33. The molecule has 2 aromatic carbocycles. The first-order valence-electron chi connectivity index (χ1n) is 11.1. The summed E-state index contributed by atoms with van der Waals surface area (Å²) in [5.74, 6) is 0.509.